The standard InChI is InChI=1S/C9H10FNO/c1-7(9(12)11-10)8-5-3-2-4-6-8/h2-7H,1H3,(H,11,12). The largest absolute Gasteiger partial charge is 0.272 e. The van der Waals surface area contributed by atoms with Crippen LogP contribution in [0.15, 0.2) is 30.3 Å². The van der Waals surface area contributed by atoms with Gasteiger partial charge >= 0.3 is 0 Å². The lowest BCUT2D eigenvalue weighted by molar-refractivity contribution is -0.126. The highest BCUT2D eigenvalue weighted by Gasteiger charge is 2.13. The van der Waals surface area contributed by atoms with Gasteiger partial charge in [-0.05, 0) is 12.5 Å². The highest BCUT2D eigenvalue weighted by Crippen LogP contribution is 2.13. The van der Waals surface area contributed by atoms with Crippen molar-refractivity contribution in [3.05, 3.63) is 35.9 Å². The Bertz CT molecular complexity index is 260. The average molecular weight is 167 g/mol. The van der Waals surface area contributed by atoms with Gasteiger partial charge in [-0.3, -0.25) is 4.79 Å². The summed E-state index contributed by atoms with van der Waals surface area (Å²) in [5, 5.41) is 0. The number of nitrogens with one attached hydrogen (secondary N) is 1. The number of halogens is 1. The molecule has 0 aliphatic carbocycles. The van der Waals surface area contributed by atoms with E-state index >= 15 is 0 Å². The lowest BCUT2D eigenvalue weighted by atomic mass is 10.0. The van der Waals surface area contributed by atoms with Crippen molar-refractivity contribution in [1.29, 1.82) is 0 Å². The molecule has 2 nitrogen and oxygen atoms in total. The predicted molar refractivity (Wildman–Crippen MR) is 44.1 cm³/mol. The second-order valence-corrected chi connectivity index (χ2v) is 2.59. The van der Waals surface area contributed by atoms with Gasteiger partial charge < -0.3 is 0 Å². The molecule has 1 rings (SSSR count). The Balaban J connectivity index is 2.78. The van der Waals surface area contributed by atoms with Gasteiger partial charge in [-0.1, -0.05) is 30.3 Å². The number of amides is 1. The molecule has 1 amide bonds. The summed E-state index contributed by atoms with van der Waals surface area (Å²) in [6.45, 7) is 1.66. The topological polar surface area (TPSA) is 29.1 Å². The van der Waals surface area contributed by atoms with Gasteiger partial charge in [-0.15, -0.1) is 4.48 Å². The fourth-order valence-electron chi connectivity index (χ4n) is 0.975. The van der Waals surface area contributed by atoms with E-state index in [1.54, 1.807) is 19.1 Å². The molecule has 0 heterocycles. The van der Waals surface area contributed by atoms with E-state index in [2.05, 4.69) is 0 Å². The minimum atomic E-state index is -0.610. The molecule has 12 heavy (non-hydrogen) atoms. The maximum absolute atomic E-state index is 11.7. The molecule has 0 fully saturated rings. The molecule has 0 saturated heterocycles. The van der Waals surface area contributed by atoms with Crippen LogP contribution in [0.25, 0.3) is 0 Å². The highest BCUT2D eigenvalue weighted by atomic mass is 19.2. The van der Waals surface area contributed by atoms with Gasteiger partial charge in [-0.2, -0.15) is 5.54 Å². The van der Waals surface area contributed by atoms with Crippen LogP contribution in [-0.4, -0.2) is 5.91 Å². The molecule has 1 atom stereocenters. The van der Waals surface area contributed by atoms with Crippen LogP contribution < -0.4 is 5.54 Å². The van der Waals surface area contributed by atoms with Crippen LogP contribution >= 0.6 is 0 Å². The zero-order valence-electron chi connectivity index (χ0n) is 6.75. The van der Waals surface area contributed by atoms with E-state index in [0.717, 1.165) is 11.1 Å². The quantitative estimate of drug-likeness (QED) is 0.668. The number of carbonyl (C=O) groups excluding carboxylic acids is 1. The molecule has 0 aromatic heterocycles. The Morgan fingerprint density at radius 2 is 2.00 bits per heavy atom. The van der Waals surface area contributed by atoms with Crippen LogP contribution in [0.3, 0.4) is 0 Å². The van der Waals surface area contributed by atoms with E-state index < -0.39 is 11.8 Å². The summed E-state index contributed by atoms with van der Waals surface area (Å²) >= 11 is 0. The number of rotatable bonds is 2. The predicted octanol–water partition coefficient (Wildman–Crippen LogP) is 1.79. The van der Waals surface area contributed by atoms with Gasteiger partial charge in [0.05, 0.1) is 5.92 Å². The van der Waals surface area contributed by atoms with Crippen LogP contribution in [0.2, 0.25) is 0 Å². The van der Waals surface area contributed by atoms with Crippen LogP contribution in [0.5, 0.6) is 0 Å². The second-order valence-electron chi connectivity index (χ2n) is 2.59. The normalized spacial score (nSPS) is 12.2. The van der Waals surface area contributed by atoms with Crippen LogP contribution in [0, 0.1) is 0 Å². The Hall–Kier alpha value is -1.38. The van der Waals surface area contributed by atoms with Gasteiger partial charge in [0, 0.05) is 0 Å². The van der Waals surface area contributed by atoms with Gasteiger partial charge in [0.15, 0.2) is 0 Å². The second kappa shape index (κ2) is 3.85. The number of benzene rings is 1. The Labute approximate surface area is 70.3 Å². The molecule has 0 saturated carbocycles. The van der Waals surface area contributed by atoms with Crippen LogP contribution in [-0.2, 0) is 4.79 Å². The zero-order valence-corrected chi connectivity index (χ0v) is 6.75. The zero-order chi connectivity index (χ0) is 8.97. The third-order valence-corrected chi connectivity index (χ3v) is 1.79. The number of hydrogen-bond acceptors (Lipinski definition) is 1. The average Bonchev–Trinajstić information content (AvgIpc) is 2.17. The molecule has 0 spiro atoms. The van der Waals surface area contributed by atoms with Crippen molar-refractivity contribution in [2.45, 2.75) is 12.8 Å². The first-order chi connectivity index (χ1) is 5.75. The van der Waals surface area contributed by atoms with E-state index in [9.17, 15) is 9.28 Å². The summed E-state index contributed by atoms with van der Waals surface area (Å²) in [5.41, 5.74) is 1.94. The summed E-state index contributed by atoms with van der Waals surface area (Å²) in [6, 6.07) is 9.07. The van der Waals surface area contributed by atoms with Crippen molar-refractivity contribution >= 4 is 5.91 Å². The van der Waals surface area contributed by atoms with E-state index in [-0.39, 0.29) is 0 Å². The summed E-state index contributed by atoms with van der Waals surface area (Å²) in [5.74, 6) is -1.04. The molecular formula is C9H10FNO. The molecule has 1 N–H and O–H groups in total. The van der Waals surface area contributed by atoms with Crippen LogP contribution in [0.4, 0.5) is 4.48 Å². The van der Waals surface area contributed by atoms with Gasteiger partial charge in [-0.25, -0.2) is 0 Å². The maximum atomic E-state index is 11.7. The number of carbonyl (C=O) groups is 1. The monoisotopic (exact) mass is 167 g/mol. The fourth-order valence-corrected chi connectivity index (χ4v) is 0.975. The summed E-state index contributed by atoms with van der Waals surface area (Å²) in [6.07, 6.45) is 0. The lowest BCUT2D eigenvalue weighted by Gasteiger charge is -2.07. The van der Waals surface area contributed by atoms with Crippen molar-refractivity contribution in [3.8, 4) is 0 Å². The molecule has 0 bridgehead atoms. The lowest BCUT2D eigenvalue weighted by Crippen LogP contribution is -2.20. The molecule has 64 valence electrons. The summed E-state index contributed by atoms with van der Waals surface area (Å²) < 4.78 is 11.7. The minimum absolute atomic E-state index is 0.434. The van der Waals surface area contributed by atoms with Gasteiger partial charge in [0.1, 0.15) is 0 Å². The third kappa shape index (κ3) is 1.81. The fraction of sp³-hybridized carbons (Fsp3) is 0.222. The molecule has 0 aliphatic heterocycles. The van der Waals surface area contributed by atoms with Crippen molar-refractivity contribution in [2.75, 3.05) is 0 Å². The van der Waals surface area contributed by atoms with Crippen molar-refractivity contribution in [1.82, 2.24) is 5.54 Å². The van der Waals surface area contributed by atoms with Crippen molar-refractivity contribution in [3.63, 3.8) is 0 Å². The third-order valence-electron chi connectivity index (χ3n) is 1.79. The highest BCUT2D eigenvalue weighted by molar-refractivity contribution is 5.82. The smallest absolute Gasteiger partial charge is 0.254 e. The molecule has 3 heteroatoms. The first-order valence-electron chi connectivity index (χ1n) is 3.71. The maximum Gasteiger partial charge on any atom is 0.254 e. The van der Waals surface area contributed by atoms with E-state index in [1.165, 1.54) is 0 Å². The van der Waals surface area contributed by atoms with E-state index in [4.69, 9.17) is 0 Å². The minimum Gasteiger partial charge on any atom is -0.272 e. The molecule has 0 radical (unpaired) electrons. The Kier molecular flexibility index (Phi) is 2.80. The molecular weight excluding hydrogens is 157 g/mol. The Morgan fingerprint density at radius 3 is 2.50 bits per heavy atom. The molecule has 1 aromatic carbocycles. The van der Waals surface area contributed by atoms with E-state index in [0.29, 0.717) is 0 Å². The van der Waals surface area contributed by atoms with Crippen molar-refractivity contribution in [2.24, 2.45) is 0 Å². The first-order valence-corrected chi connectivity index (χ1v) is 3.71. The van der Waals surface area contributed by atoms with E-state index in [1.807, 2.05) is 18.2 Å². The summed E-state index contributed by atoms with van der Waals surface area (Å²) in [7, 11) is 0. The molecule has 1 unspecified atom stereocenters. The molecule has 1 aromatic rings. The number of hydrogen-bond donors (Lipinski definition) is 1. The first kappa shape index (κ1) is 8.71. The summed E-state index contributed by atoms with van der Waals surface area (Å²) in [4.78, 5) is 10.8. The van der Waals surface area contributed by atoms with Gasteiger partial charge in [0.2, 0.25) is 0 Å². The van der Waals surface area contributed by atoms with Crippen LogP contribution in [0.1, 0.15) is 18.4 Å². The molecule has 0 aliphatic rings. The van der Waals surface area contributed by atoms with Gasteiger partial charge in [0.25, 0.3) is 5.91 Å². The Morgan fingerprint density at radius 1 is 1.42 bits per heavy atom. The van der Waals surface area contributed by atoms with Crippen molar-refractivity contribution < 1.29 is 9.28 Å². The SMILES string of the molecule is CC(C(=O)NF)c1ccccc1.